The second-order valence-corrected chi connectivity index (χ2v) is 5.26. The standard InChI is InChI=1S/C16H24N2O3/c1-12-6-3-4-8-14(12)10-11-17-16(21)18-13(2)7-5-9-15(19)20/h3-4,6,8,13H,5,7,9-11H2,1-2H3,(H,19,20)(H2,17,18,21). The van der Waals surface area contributed by atoms with Gasteiger partial charge >= 0.3 is 12.0 Å². The number of benzene rings is 1. The lowest BCUT2D eigenvalue weighted by molar-refractivity contribution is -0.137. The molecule has 0 aromatic heterocycles. The molecule has 0 saturated carbocycles. The molecule has 0 spiro atoms. The van der Waals surface area contributed by atoms with E-state index in [1.807, 2.05) is 19.1 Å². The van der Waals surface area contributed by atoms with Crippen LogP contribution in [0.4, 0.5) is 4.79 Å². The van der Waals surface area contributed by atoms with Gasteiger partial charge in [-0.2, -0.15) is 0 Å². The Morgan fingerprint density at radius 2 is 2.00 bits per heavy atom. The van der Waals surface area contributed by atoms with Crippen LogP contribution < -0.4 is 10.6 Å². The van der Waals surface area contributed by atoms with Crippen LogP contribution in [0.2, 0.25) is 0 Å². The minimum Gasteiger partial charge on any atom is -0.481 e. The average molecular weight is 292 g/mol. The number of amides is 2. The molecule has 0 aliphatic rings. The van der Waals surface area contributed by atoms with Gasteiger partial charge in [0, 0.05) is 19.0 Å². The van der Waals surface area contributed by atoms with E-state index < -0.39 is 5.97 Å². The molecular formula is C16H24N2O3. The van der Waals surface area contributed by atoms with E-state index >= 15 is 0 Å². The lowest BCUT2D eigenvalue weighted by Gasteiger charge is -2.14. The summed E-state index contributed by atoms with van der Waals surface area (Å²) >= 11 is 0. The molecule has 0 aliphatic carbocycles. The summed E-state index contributed by atoms with van der Waals surface area (Å²) in [5, 5.41) is 14.2. The lowest BCUT2D eigenvalue weighted by atomic mass is 10.1. The Bertz CT molecular complexity index is 474. The van der Waals surface area contributed by atoms with Crippen LogP contribution in [0.25, 0.3) is 0 Å². The number of hydrogen-bond donors (Lipinski definition) is 3. The van der Waals surface area contributed by atoms with Gasteiger partial charge in [-0.3, -0.25) is 4.79 Å². The van der Waals surface area contributed by atoms with E-state index in [1.54, 1.807) is 0 Å². The predicted molar refractivity (Wildman–Crippen MR) is 82.4 cm³/mol. The number of carbonyl (C=O) groups excluding carboxylic acids is 1. The molecule has 0 heterocycles. The normalized spacial score (nSPS) is 11.7. The van der Waals surface area contributed by atoms with Crippen molar-refractivity contribution in [2.24, 2.45) is 0 Å². The average Bonchev–Trinajstić information content (AvgIpc) is 2.40. The fraction of sp³-hybridized carbons (Fsp3) is 0.500. The molecule has 21 heavy (non-hydrogen) atoms. The Morgan fingerprint density at radius 1 is 1.29 bits per heavy atom. The molecular weight excluding hydrogens is 268 g/mol. The van der Waals surface area contributed by atoms with Crippen molar-refractivity contribution in [1.29, 1.82) is 0 Å². The van der Waals surface area contributed by atoms with Crippen LogP contribution >= 0.6 is 0 Å². The van der Waals surface area contributed by atoms with Crippen molar-refractivity contribution < 1.29 is 14.7 Å². The number of carboxylic acids is 1. The Morgan fingerprint density at radius 3 is 2.67 bits per heavy atom. The number of hydrogen-bond acceptors (Lipinski definition) is 2. The monoisotopic (exact) mass is 292 g/mol. The summed E-state index contributed by atoms with van der Waals surface area (Å²) in [6, 6.07) is 7.88. The molecule has 0 saturated heterocycles. The molecule has 5 heteroatoms. The Labute approximate surface area is 125 Å². The van der Waals surface area contributed by atoms with Gasteiger partial charge in [-0.25, -0.2) is 4.79 Å². The minimum atomic E-state index is -0.801. The first kappa shape index (κ1) is 17.0. The third kappa shape index (κ3) is 7.34. The van der Waals surface area contributed by atoms with Crippen molar-refractivity contribution in [3.05, 3.63) is 35.4 Å². The molecule has 3 N–H and O–H groups in total. The summed E-state index contributed by atoms with van der Waals surface area (Å²) in [5.74, 6) is -0.801. The van der Waals surface area contributed by atoms with Crippen molar-refractivity contribution in [3.63, 3.8) is 0 Å². The number of carbonyl (C=O) groups is 2. The molecule has 0 aliphatic heterocycles. The molecule has 116 valence electrons. The topological polar surface area (TPSA) is 78.4 Å². The molecule has 1 unspecified atom stereocenters. The largest absolute Gasteiger partial charge is 0.481 e. The van der Waals surface area contributed by atoms with E-state index in [0.29, 0.717) is 19.4 Å². The first-order valence-corrected chi connectivity index (χ1v) is 7.29. The maximum atomic E-state index is 11.7. The van der Waals surface area contributed by atoms with E-state index in [9.17, 15) is 9.59 Å². The van der Waals surface area contributed by atoms with Crippen molar-refractivity contribution in [1.82, 2.24) is 10.6 Å². The van der Waals surface area contributed by atoms with Crippen LogP contribution in [0.15, 0.2) is 24.3 Å². The van der Waals surface area contributed by atoms with Crippen LogP contribution in [-0.2, 0) is 11.2 Å². The Kier molecular flexibility index (Phi) is 7.29. The fourth-order valence-electron chi connectivity index (χ4n) is 2.11. The molecule has 0 radical (unpaired) electrons. The number of rotatable bonds is 8. The summed E-state index contributed by atoms with van der Waals surface area (Å²) in [5.41, 5.74) is 2.45. The van der Waals surface area contributed by atoms with Crippen LogP contribution in [0.1, 0.15) is 37.3 Å². The van der Waals surface area contributed by atoms with Crippen molar-refractivity contribution in [2.45, 2.75) is 45.6 Å². The molecule has 5 nitrogen and oxygen atoms in total. The second-order valence-electron chi connectivity index (χ2n) is 5.26. The van der Waals surface area contributed by atoms with Gasteiger partial charge in [0.05, 0.1) is 0 Å². The minimum absolute atomic E-state index is 0.0252. The third-order valence-electron chi connectivity index (χ3n) is 3.35. The van der Waals surface area contributed by atoms with Gasteiger partial charge in [0.15, 0.2) is 0 Å². The molecule has 0 fully saturated rings. The highest BCUT2D eigenvalue weighted by Crippen LogP contribution is 2.06. The fourth-order valence-corrected chi connectivity index (χ4v) is 2.11. The highest BCUT2D eigenvalue weighted by atomic mass is 16.4. The second kappa shape index (κ2) is 9.00. The van der Waals surface area contributed by atoms with Crippen LogP contribution in [-0.4, -0.2) is 29.7 Å². The highest BCUT2D eigenvalue weighted by Gasteiger charge is 2.07. The smallest absolute Gasteiger partial charge is 0.315 e. The number of nitrogens with one attached hydrogen (secondary N) is 2. The predicted octanol–water partition coefficient (Wildman–Crippen LogP) is 2.48. The maximum Gasteiger partial charge on any atom is 0.315 e. The summed E-state index contributed by atoms with van der Waals surface area (Å²) in [4.78, 5) is 22.1. The molecule has 2 amide bonds. The van der Waals surface area contributed by atoms with Crippen molar-refractivity contribution >= 4 is 12.0 Å². The Hall–Kier alpha value is -2.04. The zero-order valence-electron chi connectivity index (χ0n) is 12.7. The van der Waals surface area contributed by atoms with Gasteiger partial charge in [-0.15, -0.1) is 0 Å². The van der Waals surface area contributed by atoms with Crippen molar-refractivity contribution in [2.75, 3.05) is 6.54 Å². The van der Waals surface area contributed by atoms with E-state index in [-0.39, 0.29) is 18.5 Å². The van der Waals surface area contributed by atoms with E-state index in [1.165, 1.54) is 11.1 Å². The maximum absolute atomic E-state index is 11.7. The first-order chi connectivity index (χ1) is 9.99. The first-order valence-electron chi connectivity index (χ1n) is 7.29. The van der Waals surface area contributed by atoms with Gasteiger partial charge in [0.2, 0.25) is 0 Å². The van der Waals surface area contributed by atoms with Gasteiger partial charge in [-0.05, 0) is 44.2 Å². The molecule has 0 bridgehead atoms. The number of aliphatic carboxylic acids is 1. The van der Waals surface area contributed by atoms with Gasteiger partial charge < -0.3 is 15.7 Å². The third-order valence-corrected chi connectivity index (χ3v) is 3.35. The van der Waals surface area contributed by atoms with Gasteiger partial charge in [-0.1, -0.05) is 24.3 Å². The summed E-state index contributed by atoms with van der Waals surface area (Å²) < 4.78 is 0. The molecule has 1 rings (SSSR count). The van der Waals surface area contributed by atoms with Crippen LogP contribution in [0.5, 0.6) is 0 Å². The number of urea groups is 1. The van der Waals surface area contributed by atoms with Gasteiger partial charge in [0.25, 0.3) is 0 Å². The number of carboxylic acid groups (broad SMARTS) is 1. The quantitative estimate of drug-likeness (QED) is 0.688. The molecule has 1 atom stereocenters. The molecule has 1 aromatic rings. The zero-order chi connectivity index (χ0) is 15.7. The summed E-state index contributed by atoms with van der Waals surface area (Å²) in [6.45, 7) is 4.52. The number of aryl methyl sites for hydroxylation is 1. The van der Waals surface area contributed by atoms with E-state index in [4.69, 9.17) is 5.11 Å². The molecule has 1 aromatic carbocycles. The summed E-state index contributed by atoms with van der Waals surface area (Å²) in [7, 11) is 0. The lowest BCUT2D eigenvalue weighted by Crippen LogP contribution is -2.41. The SMILES string of the molecule is Cc1ccccc1CCNC(=O)NC(C)CCCC(=O)O. The van der Waals surface area contributed by atoms with Crippen LogP contribution in [0.3, 0.4) is 0 Å². The summed E-state index contributed by atoms with van der Waals surface area (Å²) in [6.07, 6.45) is 2.17. The zero-order valence-corrected chi connectivity index (χ0v) is 12.7. The Balaban J connectivity index is 2.19. The van der Waals surface area contributed by atoms with E-state index in [0.717, 1.165) is 6.42 Å². The van der Waals surface area contributed by atoms with Crippen molar-refractivity contribution in [3.8, 4) is 0 Å². The van der Waals surface area contributed by atoms with E-state index in [2.05, 4.69) is 29.7 Å². The van der Waals surface area contributed by atoms with Gasteiger partial charge in [0.1, 0.15) is 0 Å². The van der Waals surface area contributed by atoms with Crippen LogP contribution in [0, 0.1) is 6.92 Å². The highest BCUT2D eigenvalue weighted by molar-refractivity contribution is 5.74.